The lowest BCUT2D eigenvalue weighted by Crippen LogP contribution is -2.36. The fourth-order valence-corrected chi connectivity index (χ4v) is 4.20. The van der Waals surface area contributed by atoms with E-state index in [9.17, 15) is 8.42 Å². The SMILES string of the molecule is CCOc1ccc(S(=O)(=O)N2CCc3ccc(N)cc3C2)cc1. The highest BCUT2D eigenvalue weighted by molar-refractivity contribution is 7.89. The lowest BCUT2D eigenvalue weighted by Gasteiger charge is -2.28. The third-order valence-corrected chi connectivity index (χ3v) is 5.84. The van der Waals surface area contributed by atoms with Gasteiger partial charge in [-0.05, 0) is 60.9 Å². The number of nitrogens with zero attached hydrogens (tertiary/aromatic N) is 1. The minimum atomic E-state index is -3.51. The topological polar surface area (TPSA) is 72.6 Å². The van der Waals surface area contributed by atoms with Crippen LogP contribution >= 0.6 is 0 Å². The Balaban J connectivity index is 1.85. The zero-order chi connectivity index (χ0) is 16.4. The second-order valence-corrected chi connectivity index (χ2v) is 7.46. The van der Waals surface area contributed by atoms with Crippen molar-refractivity contribution >= 4 is 15.7 Å². The van der Waals surface area contributed by atoms with Crippen molar-refractivity contribution in [3.63, 3.8) is 0 Å². The molecule has 2 aromatic rings. The molecular formula is C17H20N2O3S. The fourth-order valence-electron chi connectivity index (χ4n) is 2.78. The van der Waals surface area contributed by atoms with Crippen molar-refractivity contribution in [3.05, 3.63) is 53.6 Å². The summed E-state index contributed by atoms with van der Waals surface area (Å²) in [6.45, 7) is 3.28. The molecule has 0 unspecified atom stereocenters. The molecule has 2 N–H and O–H groups in total. The Morgan fingerprint density at radius 1 is 1.13 bits per heavy atom. The van der Waals surface area contributed by atoms with Gasteiger partial charge in [-0.15, -0.1) is 0 Å². The van der Waals surface area contributed by atoms with Gasteiger partial charge in [0, 0.05) is 18.8 Å². The quantitative estimate of drug-likeness (QED) is 0.873. The van der Waals surface area contributed by atoms with Crippen LogP contribution < -0.4 is 10.5 Å². The molecule has 0 bridgehead atoms. The highest BCUT2D eigenvalue weighted by Gasteiger charge is 2.28. The minimum absolute atomic E-state index is 0.285. The van der Waals surface area contributed by atoms with E-state index in [0.717, 1.165) is 11.1 Å². The minimum Gasteiger partial charge on any atom is -0.494 e. The van der Waals surface area contributed by atoms with E-state index in [4.69, 9.17) is 10.5 Å². The van der Waals surface area contributed by atoms with E-state index in [1.807, 2.05) is 25.1 Å². The van der Waals surface area contributed by atoms with Crippen LogP contribution in [0.5, 0.6) is 5.75 Å². The number of nitrogen functional groups attached to an aromatic ring is 1. The number of hydrogen-bond donors (Lipinski definition) is 1. The van der Waals surface area contributed by atoms with Gasteiger partial charge in [-0.1, -0.05) is 6.07 Å². The molecule has 0 radical (unpaired) electrons. The van der Waals surface area contributed by atoms with Gasteiger partial charge in [0.2, 0.25) is 10.0 Å². The van der Waals surface area contributed by atoms with Gasteiger partial charge in [0.25, 0.3) is 0 Å². The van der Waals surface area contributed by atoms with Crippen molar-refractivity contribution in [1.29, 1.82) is 0 Å². The molecule has 0 saturated carbocycles. The second kappa shape index (κ2) is 6.22. The second-order valence-electron chi connectivity index (χ2n) is 5.52. The van der Waals surface area contributed by atoms with Crippen LogP contribution in [0.2, 0.25) is 0 Å². The number of anilines is 1. The van der Waals surface area contributed by atoms with Crippen LogP contribution in [0.25, 0.3) is 0 Å². The predicted molar refractivity (Wildman–Crippen MR) is 89.8 cm³/mol. The van der Waals surface area contributed by atoms with E-state index >= 15 is 0 Å². The number of hydrogen-bond acceptors (Lipinski definition) is 4. The summed E-state index contributed by atoms with van der Waals surface area (Å²) < 4.78 is 32.5. The van der Waals surface area contributed by atoms with E-state index < -0.39 is 10.0 Å². The van der Waals surface area contributed by atoms with Gasteiger partial charge in [0.05, 0.1) is 11.5 Å². The number of nitrogens with two attached hydrogens (primary N) is 1. The number of sulfonamides is 1. The van der Waals surface area contributed by atoms with E-state index in [-0.39, 0.29) is 4.90 Å². The molecule has 0 saturated heterocycles. The van der Waals surface area contributed by atoms with E-state index in [1.54, 1.807) is 24.3 Å². The van der Waals surface area contributed by atoms with Gasteiger partial charge in [-0.2, -0.15) is 4.31 Å². The summed E-state index contributed by atoms with van der Waals surface area (Å²) >= 11 is 0. The Bertz CT molecular complexity index is 801. The van der Waals surface area contributed by atoms with Crippen molar-refractivity contribution in [2.24, 2.45) is 0 Å². The number of rotatable bonds is 4. The first kappa shape index (κ1) is 15.8. The molecule has 1 aliphatic heterocycles. The summed E-state index contributed by atoms with van der Waals surface area (Å²) in [5, 5.41) is 0. The molecule has 1 heterocycles. The molecule has 0 spiro atoms. The maximum absolute atomic E-state index is 12.8. The first-order chi connectivity index (χ1) is 11.0. The summed E-state index contributed by atoms with van der Waals surface area (Å²) in [6.07, 6.45) is 0.700. The molecule has 23 heavy (non-hydrogen) atoms. The van der Waals surface area contributed by atoms with Gasteiger partial charge < -0.3 is 10.5 Å². The van der Waals surface area contributed by atoms with E-state index in [0.29, 0.717) is 37.6 Å². The van der Waals surface area contributed by atoms with Crippen molar-refractivity contribution < 1.29 is 13.2 Å². The molecular weight excluding hydrogens is 312 g/mol. The monoisotopic (exact) mass is 332 g/mol. The average molecular weight is 332 g/mol. The zero-order valence-corrected chi connectivity index (χ0v) is 13.8. The summed E-state index contributed by atoms with van der Waals surface area (Å²) in [7, 11) is -3.51. The number of ether oxygens (including phenoxy) is 1. The lowest BCUT2D eigenvalue weighted by atomic mass is 10.0. The third kappa shape index (κ3) is 3.18. The van der Waals surface area contributed by atoms with Crippen molar-refractivity contribution in [2.75, 3.05) is 18.9 Å². The molecule has 0 aromatic heterocycles. The van der Waals surface area contributed by atoms with E-state index in [1.165, 1.54) is 4.31 Å². The van der Waals surface area contributed by atoms with Crippen LogP contribution in [0.1, 0.15) is 18.1 Å². The third-order valence-electron chi connectivity index (χ3n) is 3.98. The lowest BCUT2D eigenvalue weighted by molar-refractivity contribution is 0.340. The zero-order valence-electron chi connectivity index (χ0n) is 13.0. The van der Waals surface area contributed by atoms with Crippen LogP contribution in [0, 0.1) is 0 Å². The van der Waals surface area contributed by atoms with Crippen molar-refractivity contribution in [1.82, 2.24) is 4.31 Å². The molecule has 3 rings (SSSR count). The Labute approximate surface area is 136 Å². The standard InChI is InChI=1S/C17H20N2O3S/c1-2-22-16-5-7-17(8-6-16)23(20,21)19-10-9-13-3-4-15(18)11-14(13)12-19/h3-8,11H,2,9-10,12,18H2,1H3. The highest BCUT2D eigenvalue weighted by atomic mass is 32.2. The molecule has 6 heteroatoms. The van der Waals surface area contributed by atoms with Crippen LogP contribution in [0.15, 0.2) is 47.4 Å². The van der Waals surface area contributed by atoms with Gasteiger partial charge in [0.15, 0.2) is 0 Å². The summed E-state index contributed by atoms with van der Waals surface area (Å²) in [6, 6.07) is 12.2. The summed E-state index contributed by atoms with van der Waals surface area (Å²) in [5.41, 5.74) is 8.61. The largest absolute Gasteiger partial charge is 0.494 e. The van der Waals surface area contributed by atoms with Gasteiger partial charge in [0.1, 0.15) is 5.75 Å². The van der Waals surface area contributed by atoms with E-state index in [2.05, 4.69) is 0 Å². The average Bonchev–Trinajstić information content (AvgIpc) is 2.55. The van der Waals surface area contributed by atoms with Crippen LogP contribution in [0.4, 0.5) is 5.69 Å². The molecule has 0 aliphatic carbocycles. The van der Waals surface area contributed by atoms with Crippen molar-refractivity contribution in [3.8, 4) is 5.75 Å². The van der Waals surface area contributed by atoms with Gasteiger partial charge >= 0.3 is 0 Å². The normalized spacial score (nSPS) is 15.2. The number of benzene rings is 2. The maximum atomic E-state index is 12.8. The Hall–Kier alpha value is -2.05. The Kier molecular flexibility index (Phi) is 4.28. The first-order valence-corrected chi connectivity index (χ1v) is 9.05. The molecule has 0 fully saturated rings. The molecule has 1 aliphatic rings. The van der Waals surface area contributed by atoms with Crippen LogP contribution in [-0.2, 0) is 23.0 Å². The summed E-state index contributed by atoms with van der Waals surface area (Å²) in [5.74, 6) is 0.670. The highest BCUT2D eigenvalue weighted by Crippen LogP contribution is 2.27. The molecule has 2 aromatic carbocycles. The number of fused-ring (bicyclic) bond motifs is 1. The molecule has 122 valence electrons. The van der Waals surface area contributed by atoms with Crippen molar-refractivity contribution in [2.45, 2.75) is 24.8 Å². The smallest absolute Gasteiger partial charge is 0.243 e. The molecule has 5 nitrogen and oxygen atoms in total. The molecule has 0 atom stereocenters. The predicted octanol–water partition coefficient (Wildman–Crippen LogP) is 2.41. The Morgan fingerprint density at radius 2 is 1.87 bits per heavy atom. The van der Waals surface area contributed by atoms with Crippen LogP contribution in [-0.4, -0.2) is 25.9 Å². The van der Waals surface area contributed by atoms with Gasteiger partial charge in [-0.25, -0.2) is 8.42 Å². The maximum Gasteiger partial charge on any atom is 0.243 e. The molecule has 0 amide bonds. The first-order valence-electron chi connectivity index (χ1n) is 7.61. The summed E-state index contributed by atoms with van der Waals surface area (Å²) in [4.78, 5) is 0.285. The Morgan fingerprint density at radius 3 is 2.57 bits per heavy atom. The van der Waals surface area contributed by atoms with Gasteiger partial charge in [-0.3, -0.25) is 0 Å². The fraction of sp³-hybridized carbons (Fsp3) is 0.294. The van der Waals surface area contributed by atoms with Crippen LogP contribution in [0.3, 0.4) is 0 Å².